The first kappa shape index (κ1) is 34.7. The minimum absolute atomic E-state index is 1.74. The number of rotatable bonds is 10. The molecule has 1 fully saturated rings. The summed E-state index contributed by atoms with van der Waals surface area (Å²) in [7, 11) is -15.9. The maximum absolute atomic E-state index is 6.25. The van der Waals surface area contributed by atoms with E-state index in [1.165, 1.54) is 0 Å². The molecule has 0 aliphatic carbocycles. The van der Waals surface area contributed by atoms with Gasteiger partial charge in [0.05, 0.1) is 0 Å². The van der Waals surface area contributed by atoms with Crippen LogP contribution in [0.25, 0.3) is 0 Å². The molecular weight excluding hydrogens is 557 g/mol. The summed E-state index contributed by atoms with van der Waals surface area (Å²) in [6.07, 6.45) is 0. The minimum atomic E-state index is -2.60. The lowest BCUT2D eigenvalue weighted by Crippen LogP contribution is -2.65. The van der Waals surface area contributed by atoms with E-state index in [0.29, 0.717) is 0 Å². The summed E-state index contributed by atoms with van der Waals surface area (Å²) in [6.45, 7) is 43.6. The van der Waals surface area contributed by atoms with Gasteiger partial charge in [-0.25, -0.2) is 0 Å². The van der Waals surface area contributed by atoms with E-state index in [-0.39, 0.29) is 0 Å². The van der Waals surface area contributed by atoms with Gasteiger partial charge in [-0.15, -0.1) is 39.5 Å². The number of hydrogen-bond donors (Lipinski definition) is 0. The minimum Gasteiger partial charge on any atom is -0.433 e. The van der Waals surface area contributed by atoms with Crippen LogP contribution in [-0.4, -0.2) is 59.4 Å². The Bertz CT molecular complexity index is 700. The van der Waals surface area contributed by atoms with Crippen molar-refractivity contribution in [3.8, 4) is 0 Å². The highest BCUT2D eigenvalue weighted by molar-refractivity contribution is 6.98. The molecule has 0 aromatic rings. The molecule has 0 saturated carbocycles. The second kappa shape index (κ2) is 12.5. The maximum Gasteiger partial charge on any atom is 0.344 e. The van der Waals surface area contributed by atoms with E-state index < -0.39 is 59.4 Å². The first-order valence-electron chi connectivity index (χ1n) is 11.6. The lowest BCUT2D eigenvalue weighted by molar-refractivity contribution is 0.250. The molecule has 1 heterocycles. The van der Waals surface area contributed by atoms with Gasteiger partial charge >= 0.3 is 42.8 Å². The van der Waals surface area contributed by atoms with Crippen LogP contribution in [0.5, 0.6) is 0 Å². The molecule has 1 saturated heterocycles. The second-order valence-electron chi connectivity index (χ2n) is 10.5. The molecular formula is C22H48O6Si7. The fraction of sp³-hybridized carbons (Fsp3) is 0.455. The molecule has 0 N–H and O–H groups in total. The van der Waals surface area contributed by atoms with Gasteiger partial charge in [0.2, 0.25) is 0 Å². The average molecular weight is 605 g/mol. The molecule has 1 aliphatic heterocycles. The third-order valence-corrected chi connectivity index (χ3v) is 31.1. The summed E-state index contributed by atoms with van der Waals surface area (Å²) in [6, 6.07) is 0. The van der Waals surface area contributed by atoms with Gasteiger partial charge in [0, 0.05) is 0 Å². The first-order valence-corrected chi connectivity index (χ1v) is 30.0. The highest BCUT2D eigenvalue weighted by Crippen LogP contribution is 2.32. The summed E-state index contributed by atoms with van der Waals surface area (Å²) < 4.78 is 37.3. The van der Waals surface area contributed by atoms with E-state index in [1.807, 2.05) is 37.6 Å². The van der Waals surface area contributed by atoms with E-state index in [1.54, 1.807) is 22.8 Å². The zero-order valence-corrected chi connectivity index (χ0v) is 30.7. The summed E-state index contributed by atoms with van der Waals surface area (Å²) >= 11 is 0. The average Bonchev–Trinajstić information content (AvgIpc) is 2.71. The lowest BCUT2D eigenvalue weighted by atomic mass is 11.3. The van der Waals surface area contributed by atoms with Gasteiger partial charge in [0.25, 0.3) is 0 Å². The van der Waals surface area contributed by atoms with Crippen molar-refractivity contribution in [2.75, 3.05) is 0 Å². The molecule has 0 atom stereocenters. The molecule has 35 heavy (non-hydrogen) atoms. The normalized spacial score (nSPS) is 32.1. The zero-order chi connectivity index (χ0) is 28.0. The maximum atomic E-state index is 6.25. The van der Waals surface area contributed by atoms with Gasteiger partial charge in [-0.2, -0.15) is 0 Å². The third-order valence-electron chi connectivity index (χ3n) is 5.11. The lowest BCUT2D eigenvalue weighted by Gasteiger charge is -2.46. The smallest absolute Gasteiger partial charge is 0.344 e. The summed E-state index contributed by atoms with van der Waals surface area (Å²) in [5.41, 5.74) is 10.9. The zero-order valence-electron chi connectivity index (χ0n) is 23.7. The Morgan fingerprint density at radius 1 is 0.486 bits per heavy atom. The summed E-state index contributed by atoms with van der Waals surface area (Å²) in [4.78, 5) is 0. The molecule has 6 nitrogen and oxygen atoms in total. The van der Waals surface area contributed by atoms with E-state index in [9.17, 15) is 0 Å². The standard InChI is InChI=1S/C12H24O4Si4.C10H24O2Si3/c1-9-17(5)13-18(6,10-2)15-20(8,12-4)16-19(7,11-3)14-17;1-9-13(3,4)11-15(7,8)12-14(5,6)10-2/h9-12H,1-4H2,5-8H3;9-10H,1-2H2,3-8H3. The highest BCUT2D eigenvalue weighted by atomic mass is 28.5. The Hall–Kier alpha value is -0.282. The molecule has 13 heteroatoms. The Labute approximate surface area is 222 Å². The summed E-state index contributed by atoms with van der Waals surface area (Å²) in [5, 5.41) is 0. The van der Waals surface area contributed by atoms with Crippen LogP contribution in [0.15, 0.2) is 73.7 Å². The quantitative estimate of drug-likeness (QED) is 0.255. The molecule has 1 rings (SSSR count). The van der Waals surface area contributed by atoms with Gasteiger partial charge in [-0.1, -0.05) is 34.2 Å². The molecule has 1 aliphatic rings. The van der Waals surface area contributed by atoms with Crippen molar-refractivity contribution >= 4 is 59.4 Å². The Kier molecular flexibility index (Phi) is 12.4. The predicted octanol–water partition coefficient (Wildman–Crippen LogP) is 6.84. The largest absolute Gasteiger partial charge is 0.433 e. The molecule has 0 aromatic carbocycles. The van der Waals surface area contributed by atoms with Crippen molar-refractivity contribution in [2.45, 2.75) is 65.5 Å². The Morgan fingerprint density at radius 2 is 0.686 bits per heavy atom. The van der Waals surface area contributed by atoms with Crippen LogP contribution in [0.2, 0.25) is 65.5 Å². The fourth-order valence-corrected chi connectivity index (χ4v) is 32.5. The van der Waals surface area contributed by atoms with Crippen LogP contribution >= 0.6 is 0 Å². The van der Waals surface area contributed by atoms with Crippen molar-refractivity contribution < 1.29 is 24.7 Å². The molecule has 0 aromatic heterocycles. The van der Waals surface area contributed by atoms with E-state index >= 15 is 0 Å². The molecule has 200 valence electrons. The van der Waals surface area contributed by atoms with Crippen LogP contribution in [0.4, 0.5) is 0 Å². The molecule has 0 unspecified atom stereocenters. The van der Waals surface area contributed by atoms with Crippen molar-refractivity contribution in [3.63, 3.8) is 0 Å². The van der Waals surface area contributed by atoms with Crippen LogP contribution in [0.3, 0.4) is 0 Å². The Morgan fingerprint density at radius 3 is 0.829 bits per heavy atom. The van der Waals surface area contributed by atoms with E-state index in [4.69, 9.17) is 24.7 Å². The van der Waals surface area contributed by atoms with Crippen LogP contribution in [-0.2, 0) is 24.7 Å². The van der Waals surface area contributed by atoms with Crippen molar-refractivity contribution in [1.29, 1.82) is 0 Å². The number of hydrogen-bond acceptors (Lipinski definition) is 6. The van der Waals surface area contributed by atoms with Crippen LogP contribution in [0.1, 0.15) is 0 Å². The van der Waals surface area contributed by atoms with Gasteiger partial charge < -0.3 is 24.7 Å². The fourth-order valence-electron chi connectivity index (χ4n) is 3.40. The third kappa shape index (κ3) is 11.8. The molecule has 0 radical (unpaired) electrons. The second-order valence-corrected chi connectivity index (χ2v) is 35.2. The van der Waals surface area contributed by atoms with Gasteiger partial charge in [-0.05, 0) is 65.5 Å². The first-order chi connectivity index (χ1) is 15.6. The highest BCUT2D eigenvalue weighted by Gasteiger charge is 2.53. The summed E-state index contributed by atoms with van der Waals surface area (Å²) in [5.74, 6) is 0. The van der Waals surface area contributed by atoms with Crippen molar-refractivity contribution in [1.82, 2.24) is 0 Å². The van der Waals surface area contributed by atoms with E-state index in [0.717, 1.165) is 0 Å². The van der Waals surface area contributed by atoms with Gasteiger partial charge in [0.1, 0.15) is 0 Å². The van der Waals surface area contributed by atoms with Gasteiger partial charge in [0.15, 0.2) is 16.6 Å². The predicted molar refractivity (Wildman–Crippen MR) is 167 cm³/mol. The van der Waals surface area contributed by atoms with Crippen molar-refractivity contribution in [2.24, 2.45) is 0 Å². The Balaban J connectivity index is 0.000000691. The van der Waals surface area contributed by atoms with E-state index in [2.05, 4.69) is 78.8 Å². The van der Waals surface area contributed by atoms with Crippen LogP contribution < -0.4 is 0 Å². The molecule has 0 spiro atoms. The molecule has 0 amide bonds. The molecule has 0 bridgehead atoms. The topological polar surface area (TPSA) is 55.4 Å². The SMILES string of the molecule is C=C[Si](C)(C)O[Si](C)(C)O[Si](C)(C)C=C.C=C[Si]1(C)O[Si](C)(C=C)O[Si](C)(C=C)O[Si](C)(C=C)O1. The monoisotopic (exact) mass is 604 g/mol. The van der Waals surface area contributed by atoms with Crippen LogP contribution in [0, 0.1) is 0 Å². The van der Waals surface area contributed by atoms with Gasteiger partial charge in [-0.3, -0.25) is 0 Å². The van der Waals surface area contributed by atoms with Crippen molar-refractivity contribution in [3.05, 3.63) is 73.7 Å².